The van der Waals surface area contributed by atoms with Crippen LogP contribution in [-0.4, -0.2) is 39.0 Å². The Labute approximate surface area is 134 Å². The Bertz CT molecular complexity index is 677. The molecule has 0 aromatic carbocycles. The number of pyridine rings is 1. The first kappa shape index (κ1) is 15.5. The number of hydrogen-bond acceptors (Lipinski definition) is 5. The number of methoxy groups -OCH3 is 1. The van der Waals surface area contributed by atoms with Crippen molar-refractivity contribution in [2.24, 2.45) is 13.0 Å². The zero-order valence-electron chi connectivity index (χ0n) is 13.1. The molecule has 0 spiro atoms. The van der Waals surface area contributed by atoms with E-state index in [1.54, 1.807) is 38.7 Å². The van der Waals surface area contributed by atoms with Crippen LogP contribution in [0, 0.1) is 5.92 Å². The molecule has 23 heavy (non-hydrogen) atoms. The van der Waals surface area contributed by atoms with E-state index in [0.29, 0.717) is 24.4 Å². The third-order valence-corrected chi connectivity index (χ3v) is 4.29. The average molecular weight is 316 g/mol. The van der Waals surface area contributed by atoms with Gasteiger partial charge in [0.1, 0.15) is 5.69 Å². The molecule has 0 radical (unpaired) electrons. The van der Waals surface area contributed by atoms with E-state index >= 15 is 0 Å². The summed E-state index contributed by atoms with van der Waals surface area (Å²) in [4.78, 5) is 16.7. The minimum atomic E-state index is -0.290. The van der Waals surface area contributed by atoms with Crippen LogP contribution in [0.3, 0.4) is 0 Å². The fourth-order valence-corrected chi connectivity index (χ4v) is 2.88. The number of hydrogen-bond donors (Lipinski definition) is 2. The first-order valence-corrected chi connectivity index (χ1v) is 7.55. The van der Waals surface area contributed by atoms with Crippen molar-refractivity contribution in [3.63, 3.8) is 0 Å². The number of aryl methyl sites for hydroxylation is 1. The minimum absolute atomic E-state index is 0.188. The standard InChI is InChI=1S/C16H20N4O3/c1-20-13(5-6-18-20)16(22)19-15(11-7-12(21)8-11)10-3-4-14(23-2)17-9-10/h3-6,9,11-12,15,21H,7-8H2,1-2H3,(H,19,22)/t11?,12?,15-/m1/s1. The summed E-state index contributed by atoms with van der Waals surface area (Å²) >= 11 is 0. The van der Waals surface area contributed by atoms with Gasteiger partial charge in [0.25, 0.3) is 5.91 Å². The lowest BCUT2D eigenvalue weighted by molar-refractivity contribution is 0.0233. The number of aromatic nitrogens is 3. The zero-order chi connectivity index (χ0) is 16.4. The van der Waals surface area contributed by atoms with E-state index in [-0.39, 0.29) is 24.0 Å². The van der Waals surface area contributed by atoms with Gasteiger partial charge in [-0.05, 0) is 30.4 Å². The lowest BCUT2D eigenvalue weighted by Crippen LogP contribution is -2.41. The van der Waals surface area contributed by atoms with Crippen LogP contribution in [-0.2, 0) is 7.05 Å². The third kappa shape index (κ3) is 3.19. The smallest absolute Gasteiger partial charge is 0.270 e. The summed E-state index contributed by atoms with van der Waals surface area (Å²) in [6.07, 6.45) is 4.34. The predicted octanol–water partition coefficient (Wildman–Crippen LogP) is 1.07. The Morgan fingerprint density at radius 2 is 2.22 bits per heavy atom. The Morgan fingerprint density at radius 1 is 1.43 bits per heavy atom. The van der Waals surface area contributed by atoms with Crippen LogP contribution in [0.15, 0.2) is 30.6 Å². The highest BCUT2D eigenvalue weighted by Crippen LogP contribution is 2.38. The fourth-order valence-electron chi connectivity index (χ4n) is 2.88. The van der Waals surface area contributed by atoms with Gasteiger partial charge >= 0.3 is 0 Å². The monoisotopic (exact) mass is 316 g/mol. The normalized spacial score (nSPS) is 21.3. The zero-order valence-corrected chi connectivity index (χ0v) is 13.1. The van der Waals surface area contributed by atoms with E-state index in [1.165, 1.54) is 4.68 Å². The number of ether oxygens (including phenoxy) is 1. The molecule has 2 aromatic rings. The molecule has 1 aliphatic carbocycles. The van der Waals surface area contributed by atoms with Crippen molar-refractivity contribution in [2.75, 3.05) is 7.11 Å². The van der Waals surface area contributed by atoms with Crippen LogP contribution >= 0.6 is 0 Å². The first-order chi connectivity index (χ1) is 11.1. The lowest BCUT2D eigenvalue weighted by atomic mass is 9.75. The molecular weight excluding hydrogens is 296 g/mol. The highest BCUT2D eigenvalue weighted by atomic mass is 16.5. The van der Waals surface area contributed by atoms with Gasteiger partial charge in [0, 0.05) is 25.5 Å². The van der Waals surface area contributed by atoms with Gasteiger partial charge in [0.2, 0.25) is 5.88 Å². The Morgan fingerprint density at radius 3 is 2.74 bits per heavy atom. The number of nitrogens with one attached hydrogen (secondary N) is 1. The molecule has 0 unspecified atom stereocenters. The van der Waals surface area contributed by atoms with Gasteiger partial charge in [-0.2, -0.15) is 5.10 Å². The molecule has 2 N–H and O–H groups in total. The van der Waals surface area contributed by atoms with E-state index < -0.39 is 0 Å². The summed E-state index contributed by atoms with van der Waals surface area (Å²) < 4.78 is 6.61. The Balaban J connectivity index is 1.80. The minimum Gasteiger partial charge on any atom is -0.481 e. The number of carbonyl (C=O) groups excluding carboxylic acids is 1. The van der Waals surface area contributed by atoms with Gasteiger partial charge < -0.3 is 15.2 Å². The van der Waals surface area contributed by atoms with Crippen LogP contribution in [0.2, 0.25) is 0 Å². The van der Waals surface area contributed by atoms with Crippen LogP contribution in [0.4, 0.5) is 0 Å². The maximum absolute atomic E-state index is 12.5. The summed E-state index contributed by atoms with van der Waals surface area (Å²) in [6.45, 7) is 0. The third-order valence-electron chi connectivity index (χ3n) is 4.29. The Kier molecular flexibility index (Phi) is 4.29. The van der Waals surface area contributed by atoms with E-state index in [1.807, 2.05) is 6.07 Å². The van der Waals surface area contributed by atoms with Crippen molar-refractivity contribution < 1.29 is 14.6 Å². The molecule has 0 saturated heterocycles. The van der Waals surface area contributed by atoms with E-state index in [9.17, 15) is 9.90 Å². The highest BCUT2D eigenvalue weighted by molar-refractivity contribution is 5.92. The summed E-state index contributed by atoms with van der Waals surface area (Å²) in [6, 6.07) is 5.14. The molecule has 1 saturated carbocycles. The molecule has 7 nitrogen and oxygen atoms in total. The maximum Gasteiger partial charge on any atom is 0.270 e. The van der Waals surface area contributed by atoms with Crippen LogP contribution in [0.25, 0.3) is 0 Å². The molecule has 122 valence electrons. The van der Waals surface area contributed by atoms with Crippen LogP contribution in [0.5, 0.6) is 5.88 Å². The second-order valence-corrected chi connectivity index (χ2v) is 5.81. The number of aliphatic hydroxyl groups is 1. The van der Waals surface area contributed by atoms with E-state index in [2.05, 4.69) is 15.4 Å². The van der Waals surface area contributed by atoms with E-state index in [4.69, 9.17) is 4.74 Å². The molecule has 2 heterocycles. The second kappa shape index (κ2) is 6.37. The van der Waals surface area contributed by atoms with Gasteiger partial charge in [0.05, 0.1) is 19.3 Å². The van der Waals surface area contributed by atoms with Gasteiger partial charge in [-0.1, -0.05) is 6.07 Å². The van der Waals surface area contributed by atoms with Gasteiger partial charge in [0.15, 0.2) is 0 Å². The van der Waals surface area contributed by atoms with Crippen molar-refractivity contribution in [3.8, 4) is 5.88 Å². The van der Waals surface area contributed by atoms with Crippen molar-refractivity contribution in [3.05, 3.63) is 41.9 Å². The largest absolute Gasteiger partial charge is 0.481 e. The Hall–Kier alpha value is -2.41. The number of amides is 1. The molecule has 3 rings (SSSR count). The number of nitrogens with zero attached hydrogens (tertiary/aromatic N) is 3. The topological polar surface area (TPSA) is 89.3 Å². The molecule has 0 bridgehead atoms. The highest BCUT2D eigenvalue weighted by Gasteiger charge is 2.36. The van der Waals surface area contributed by atoms with Gasteiger partial charge in [-0.15, -0.1) is 0 Å². The van der Waals surface area contributed by atoms with Crippen molar-refractivity contribution in [1.82, 2.24) is 20.1 Å². The quantitative estimate of drug-likeness (QED) is 0.861. The van der Waals surface area contributed by atoms with Crippen molar-refractivity contribution in [2.45, 2.75) is 25.0 Å². The van der Waals surface area contributed by atoms with Gasteiger partial charge in [-0.3, -0.25) is 9.48 Å². The summed E-state index contributed by atoms with van der Waals surface area (Å²) in [5.41, 5.74) is 1.40. The summed E-state index contributed by atoms with van der Waals surface area (Å²) in [5, 5.41) is 16.7. The van der Waals surface area contributed by atoms with E-state index in [0.717, 1.165) is 5.56 Å². The second-order valence-electron chi connectivity index (χ2n) is 5.81. The molecule has 7 heteroatoms. The molecule has 0 aliphatic heterocycles. The van der Waals surface area contributed by atoms with Crippen LogP contribution in [0.1, 0.15) is 34.9 Å². The molecule has 1 atom stereocenters. The fraction of sp³-hybridized carbons (Fsp3) is 0.438. The number of carbonyl (C=O) groups is 1. The summed E-state index contributed by atoms with van der Waals surface area (Å²) in [7, 11) is 3.29. The molecule has 1 amide bonds. The van der Waals surface area contributed by atoms with Crippen molar-refractivity contribution >= 4 is 5.91 Å². The maximum atomic E-state index is 12.5. The average Bonchev–Trinajstić information content (AvgIpc) is 2.96. The molecular formula is C16H20N4O3. The summed E-state index contributed by atoms with van der Waals surface area (Å²) in [5.74, 6) is 0.531. The SMILES string of the molecule is COc1ccc([C@@H](NC(=O)c2ccnn2C)C2CC(O)C2)cn1. The van der Waals surface area contributed by atoms with Gasteiger partial charge in [-0.25, -0.2) is 4.98 Å². The van der Waals surface area contributed by atoms with Crippen LogP contribution < -0.4 is 10.1 Å². The molecule has 2 aromatic heterocycles. The van der Waals surface area contributed by atoms with Crippen molar-refractivity contribution in [1.29, 1.82) is 0 Å². The number of rotatable bonds is 5. The number of aliphatic hydroxyl groups excluding tert-OH is 1. The predicted molar refractivity (Wildman–Crippen MR) is 82.9 cm³/mol. The first-order valence-electron chi connectivity index (χ1n) is 7.55. The molecule has 1 fully saturated rings. The lowest BCUT2D eigenvalue weighted by Gasteiger charge is -2.38. The molecule has 1 aliphatic rings.